The van der Waals surface area contributed by atoms with Crippen molar-refractivity contribution in [2.45, 2.75) is 18.9 Å². The van der Waals surface area contributed by atoms with Gasteiger partial charge in [0.2, 0.25) is 0 Å². The van der Waals surface area contributed by atoms with E-state index in [9.17, 15) is 4.79 Å². The van der Waals surface area contributed by atoms with Crippen LogP contribution in [-0.2, 0) is 37.5 Å². The first-order chi connectivity index (χ1) is 4.18. The summed E-state index contributed by atoms with van der Waals surface area (Å²) in [5.41, 5.74) is 5.16. The number of hydrogen-bond donors (Lipinski definition) is 2. The zero-order valence-corrected chi connectivity index (χ0v) is 8.58. The van der Waals surface area contributed by atoms with Crippen LogP contribution in [-0.4, -0.2) is 22.9 Å². The van der Waals surface area contributed by atoms with Gasteiger partial charge >= 0.3 is 5.97 Å². The molecule has 0 fully saturated rings. The smallest absolute Gasteiger partial charge is 0.320 e. The molecule has 0 aliphatic carbocycles. The van der Waals surface area contributed by atoms with Crippen LogP contribution in [0.4, 0.5) is 0 Å². The Labute approximate surface area is 79.1 Å². The van der Waals surface area contributed by atoms with E-state index in [2.05, 4.69) is 12.6 Å². The van der Waals surface area contributed by atoms with Crippen LogP contribution in [0.1, 0.15) is 12.8 Å². The Morgan fingerprint density at radius 2 is 2.20 bits per heavy atom. The van der Waals surface area contributed by atoms with Crippen molar-refractivity contribution in [3.8, 4) is 0 Å². The molecular weight excluding hydrogens is 330 g/mol. The van der Waals surface area contributed by atoms with Crippen molar-refractivity contribution < 1.29 is 30.0 Å². The summed E-state index contributed by atoms with van der Waals surface area (Å²) in [7, 11) is 0. The minimum Gasteiger partial charge on any atom is -0.793 e. The maximum Gasteiger partial charge on any atom is 0.320 e. The van der Waals surface area contributed by atoms with Crippen molar-refractivity contribution in [1.82, 2.24) is 0 Å². The Balaban J connectivity index is 0. The summed E-state index contributed by atoms with van der Waals surface area (Å²) in [5, 5.41) is 8.25. The van der Waals surface area contributed by atoms with E-state index >= 15 is 0 Å². The fourth-order valence-electron chi connectivity index (χ4n) is 0.427. The van der Waals surface area contributed by atoms with E-state index in [1.807, 2.05) is 0 Å². The number of carboxylic acids is 1. The normalized spacial score (nSPS) is 11.8. The van der Waals surface area contributed by atoms with E-state index in [0.29, 0.717) is 18.6 Å². The molecule has 0 aromatic rings. The first kappa shape index (κ1) is 13.1. The molecule has 0 heterocycles. The molecule has 1 radical (unpaired) electrons. The third-order valence-electron chi connectivity index (χ3n) is 0.977. The van der Waals surface area contributed by atoms with Gasteiger partial charge in [0.15, 0.2) is 0 Å². The van der Waals surface area contributed by atoms with Gasteiger partial charge in [-0.2, -0.15) is 5.75 Å². The molecule has 0 aliphatic rings. The molecule has 0 saturated heterocycles. The molecule has 0 unspecified atom stereocenters. The van der Waals surface area contributed by atoms with Crippen LogP contribution >= 0.6 is 0 Å². The van der Waals surface area contributed by atoms with Gasteiger partial charge in [0, 0.05) is 20.1 Å². The Bertz CT molecular complexity index is 102. The second-order valence-corrected chi connectivity index (χ2v) is 2.20. The van der Waals surface area contributed by atoms with Crippen molar-refractivity contribution in [2.75, 3.05) is 5.75 Å². The fraction of sp³-hybridized carbons (Fsp3) is 0.800. The molecule has 3 nitrogen and oxygen atoms in total. The summed E-state index contributed by atoms with van der Waals surface area (Å²) in [5.74, 6) is -0.362. The summed E-state index contributed by atoms with van der Waals surface area (Å²) in [6, 6.07) is -0.729. The molecule has 0 bridgehead atoms. The third-order valence-corrected chi connectivity index (χ3v) is 1.27. The molecule has 0 spiro atoms. The zero-order valence-electron chi connectivity index (χ0n) is 5.37. The number of carboxylic acid groups (broad SMARTS) is 1. The number of nitrogens with two attached hydrogens (primary N) is 1. The summed E-state index contributed by atoms with van der Waals surface area (Å²) in [4.78, 5) is 10.0. The van der Waals surface area contributed by atoms with Crippen LogP contribution in [0.3, 0.4) is 0 Å². The van der Waals surface area contributed by atoms with Crippen LogP contribution in [0, 0.1) is 0 Å². The molecule has 63 valence electrons. The van der Waals surface area contributed by atoms with Gasteiger partial charge < -0.3 is 23.5 Å². The number of hydrogen-bond acceptors (Lipinski definition) is 3. The predicted octanol–water partition coefficient (Wildman–Crippen LogP) is -0.277. The Hall–Kier alpha value is 0.429. The van der Waals surface area contributed by atoms with Crippen LogP contribution in [0.2, 0.25) is 0 Å². The number of carbonyl (C=O) groups is 1. The SMILES string of the molecule is N[C@@H](CCC[S-])C(=O)O.[Ir]. The van der Waals surface area contributed by atoms with Crippen LogP contribution in [0.25, 0.3) is 0 Å². The summed E-state index contributed by atoms with van der Waals surface area (Å²) >= 11 is 4.61. The Morgan fingerprint density at radius 1 is 1.70 bits per heavy atom. The molecule has 1 atom stereocenters. The molecule has 0 aromatic carbocycles. The van der Waals surface area contributed by atoms with Gasteiger partial charge in [0.05, 0.1) is 0 Å². The Morgan fingerprint density at radius 3 is 2.50 bits per heavy atom. The molecule has 0 aliphatic heterocycles. The van der Waals surface area contributed by atoms with Gasteiger partial charge in [-0.05, 0) is 6.42 Å². The van der Waals surface area contributed by atoms with Gasteiger partial charge in [0.1, 0.15) is 6.04 Å². The monoisotopic (exact) mass is 341 g/mol. The van der Waals surface area contributed by atoms with E-state index in [0.717, 1.165) is 0 Å². The first-order valence-corrected chi connectivity index (χ1v) is 3.32. The number of aliphatic carboxylic acids is 1. The van der Waals surface area contributed by atoms with Crippen molar-refractivity contribution >= 4 is 18.6 Å². The van der Waals surface area contributed by atoms with Crippen LogP contribution in [0.5, 0.6) is 0 Å². The molecule has 5 heteroatoms. The van der Waals surface area contributed by atoms with E-state index in [1.54, 1.807) is 0 Å². The van der Waals surface area contributed by atoms with Crippen molar-refractivity contribution in [3.05, 3.63) is 0 Å². The molecule has 0 amide bonds. The van der Waals surface area contributed by atoms with Gasteiger partial charge in [-0.15, -0.1) is 0 Å². The molecule has 10 heavy (non-hydrogen) atoms. The van der Waals surface area contributed by atoms with Gasteiger partial charge in [0.25, 0.3) is 0 Å². The quantitative estimate of drug-likeness (QED) is 0.691. The topological polar surface area (TPSA) is 63.3 Å². The average molecular weight is 340 g/mol. The van der Waals surface area contributed by atoms with E-state index in [1.165, 1.54) is 0 Å². The second-order valence-electron chi connectivity index (χ2n) is 1.79. The third kappa shape index (κ3) is 6.55. The molecule has 0 aromatic heterocycles. The van der Waals surface area contributed by atoms with Gasteiger partial charge in [-0.25, -0.2) is 0 Å². The maximum absolute atomic E-state index is 10.0. The Kier molecular flexibility index (Phi) is 9.83. The minimum absolute atomic E-state index is 0. The van der Waals surface area contributed by atoms with Crippen molar-refractivity contribution in [3.63, 3.8) is 0 Å². The fourth-order valence-corrected chi connectivity index (χ4v) is 0.593. The molecule has 0 rings (SSSR count). The maximum atomic E-state index is 10.0. The molecular formula is C5H10IrNO2S-. The van der Waals surface area contributed by atoms with E-state index in [-0.39, 0.29) is 20.1 Å². The second kappa shape index (κ2) is 7.54. The first-order valence-electron chi connectivity index (χ1n) is 2.75. The van der Waals surface area contributed by atoms with Crippen LogP contribution < -0.4 is 5.73 Å². The van der Waals surface area contributed by atoms with E-state index < -0.39 is 12.0 Å². The van der Waals surface area contributed by atoms with Crippen LogP contribution in [0.15, 0.2) is 0 Å². The van der Waals surface area contributed by atoms with Gasteiger partial charge in [-0.1, -0.05) is 6.42 Å². The largest absolute Gasteiger partial charge is 0.793 e. The van der Waals surface area contributed by atoms with Crippen molar-refractivity contribution in [1.29, 1.82) is 0 Å². The summed E-state index contributed by atoms with van der Waals surface area (Å²) < 4.78 is 0. The van der Waals surface area contributed by atoms with Crippen molar-refractivity contribution in [2.24, 2.45) is 5.73 Å². The summed E-state index contributed by atoms with van der Waals surface area (Å²) in [6.07, 6.45) is 1.20. The predicted molar refractivity (Wildman–Crippen MR) is 37.1 cm³/mol. The number of rotatable bonds is 4. The molecule has 3 N–H and O–H groups in total. The zero-order chi connectivity index (χ0) is 7.28. The molecule has 0 saturated carbocycles. The minimum atomic E-state index is -0.946. The van der Waals surface area contributed by atoms with E-state index in [4.69, 9.17) is 10.8 Å². The standard InChI is InChI=1S/C5H11NO2S.Ir/c6-4(5(7)8)2-1-3-9;/h4,9H,1-3,6H2,(H,7,8);/p-1/t4-;/m0./s1. The van der Waals surface area contributed by atoms with Gasteiger partial charge in [-0.3, -0.25) is 4.79 Å². The summed E-state index contributed by atoms with van der Waals surface area (Å²) in [6.45, 7) is 0. The average Bonchev–Trinajstić information content (AvgIpc) is 1.82.